The number of hydrogen-bond donors (Lipinski definition) is 1. The quantitative estimate of drug-likeness (QED) is 0.941. The summed E-state index contributed by atoms with van der Waals surface area (Å²) in [6.45, 7) is 5.39. The van der Waals surface area contributed by atoms with Gasteiger partial charge in [0, 0.05) is 5.56 Å². The third-order valence-corrected chi connectivity index (χ3v) is 3.16. The van der Waals surface area contributed by atoms with Crippen LogP contribution in [0.4, 0.5) is 10.2 Å². The highest BCUT2D eigenvalue weighted by Crippen LogP contribution is 2.34. The van der Waals surface area contributed by atoms with Crippen molar-refractivity contribution in [3.63, 3.8) is 0 Å². The van der Waals surface area contributed by atoms with E-state index in [-0.39, 0.29) is 28.0 Å². The van der Waals surface area contributed by atoms with Gasteiger partial charge in [0.1, 0.15) is 5.82 Å². The molecule has 2 rings (SSSR count). The number of methoxy groups -OCH3 is 1. The summed E-state index contributed by atoms with van der Waals surface area (Å²) in [7, 11) is 1.34. The molecule has 0 spiro atoms. The molecule has 20 heavy (non-hydrogen) atoms. The first kappa shape index (κ1) is 14.3. The van der Waals surface area contributed by atoms with E-state index in [1.54, 1.807) is 13.0 Å². The first-order chi connectivity index (χ1) is 9.49. The molecule has 0 aliphatic rings. The maximum atomic E-state index is 14.3. The number of nitrogens with zero attached hydrogens (tertiary/aromatic N) is 2. The number of ether oxygens (including phenoxy) is 1. The highest BCUT2D eigenvalue weighted by molar-refractivity contribution is 6.32. The fraction of sp³-hybridized carbons (Fsp3) is 0.143. The van der Waals surface area contributed by atoms with Gasteiger partial charge in [0.05, 0.1) is 23.4 Å². The smallest absolute Gasteiger partial charge is 0.177 e. The van der Waals surface area contributed by atoms with Gasteiger partial charge >= 0.3 is 0 Å². The Kier molecular flexibility index (Phi) is 3.90. The SMILES string of the molecule is C=Cc1c(C)nc(-c2ccc(Cl)c(OC)c2F)nc1N. The maximum absolute atomic E-state index is 14.3. The van der Waals surface area contributed by atoms with Crippen molar-refractivity contribution in [1.82, 2.24) is 9.97 Å². The van der Waals surface area contributed by atoms with Gasteiger partial charge in [-0.2, -0.15) is 0 Å². The predicted octanol–water partition coefficient (Wildman–Crippen LogP) is 3.48. The minimum atomic E-state index is -0.620. The van der Waals surface area contributed by atoms with Crippen molar-refractivity contribution in [1.29, 1.82) is 0 Å². The van der Waals surface area contributed by atoms with Crippen molar-refractivity contribution in [3.8, 4) is 17.1 Å². The fourth-order valence-corrected chi connectivity index (χ4v) is 2.09. The van der Waals surface area contributed by atoms with E-state index < -0.39 is 5.82 Å². The van der Waals surface area contributed by atoms with Crippen LogP contribution in [-0.4, -0.2) is 17.1 Å². The molecule has 0 saturated carbocycles. The van der Waals surface area contributed by atoms with E-state index >= 15 is 0 Å². The molecule has 6 heteroatoms. The third kappa shape index (κ3) is 2.32. The van der Waals surface area contributed by atoms with Crippen molar-refractivity contribution in [2.24, 2.45) is 0 Å². The standard InChI is InChI=1S/C14H13ClFN3O/c1-4-8-7(2)18-14(19-13(8)17)9-5-6-10(15)12(20-3)11(9)16/h4-6H,1H2,2-3H3,(H2,17,18,19). The van der Waals surface area contributed by atoms with Gasteiger partial charge in [-0.1, -0.05) is 24.3 Å². The summed E-state index contributed by atoms with van der Waals surface area (Å²) in [5, 5.41) is 0.182. The number of rotatable bonds is 3. The van der Waals surface area contributed by atoms with Gasteiger partial charge < -0.3 is 10.5 Å². The van der Waals surface area contributed by atoms with Crippen LogP contribution < -0.4 is 10.5 Å². The van der Waals surface area contributed by atoms with Crippen molar-refractivity contribution in [2.75, 3.05) is 12.8 Å². The molecule has 0 fully saturated rings. The Hall–Kier alpha value is -2.14. The number of aromatic nitrogens is 2. The van der Waals surface area contributed by atoms with Gasteiger partial charge in [-0.15, -0.1) is 0 Å². The molecule has 104 valence electrons. The maximum Gasteiger partial charge on any atom is 0.177 e. The molecule has 2 aromatic rings. The zero-order valence-electron chi connectivity index (χ0n) is 11.1. The first-order valence-electron chi connectivity index (χ1n) is 5.78. The Labute approximate surface area is 121 Å². The molecular formula is C14H13ClFN3O. The molecule has 0 saturated heterocycles. The van der Waals surface area contributed by atoms with Gasteiger partial charge in [0.25, 0.3) is 0 Å². The van der Waals surface area contributed by atoms with E-state index in [9.17, 15) is 4.39 Å². The molecule has 0 amide bonds. The van der Waals surface area contributed by atoms with Crippen LogP contribution in [-0.2, 0) is 0 Å². The van der Waals surface area contributed by atoms with Gasteiger partial charge in [-0.3, -0.25) is 0 Å². The van der Waals surface area contributed by atoms with Crippen LogP contribution in [0, 0.1) is 12.7 Å². The van der Waals surface area contributed by atoms with Gasteiger partial charge in [-0.25, -0.2) is 14.4 Å². The van der Waals surface area contributed by atoms with E-state index in [0.717, 1.165) is 0 Å². The summed E-state index contributed by atoms with van der Waals surface area (Å²) in [5.74, 6) is -0.240. The highest BCUT2D eigenvalue weighted by Gasteiger charge is 2.17. The van der Waals surface area contributed by atoms with E-state index in [4.69, 9.17) is 22.1 Å². The minimum absolute atomic E-state index is 0.0446. The van der Waals surface area contributed by atoms with Crippen molar-refractivity contribution in [2.45, 2.75) is 6.92 Å². The van der Waals surface area contributed by atoms with Crippen LogP contribution >= 0.6 is 11.6 Å². The number of nitrogen functional groups attached to an aromatic ring is 1. The summed E-state index contributed by atoms with van der Waals surface area (Å²) in [4.78, 5) is 8.34. The zero-order valence-corrected chi connectivity index (χ0v) is 11.8. The number of nitrogens with two attached hydrogens (primary N) is 1. The molecule has 0 bridgehead atoms. The summed E-state index contributed by atoms with van der Waals surface area (Å²) >= 11 is 5.86. The van der Waals surface area contributed by atoms with Gasteiger partial charge in [0.15, 0.2) is 17.4 Å². The molecule has 0 radical (unpaired) electrons. The largest absolute Gasteiger partial charge is 0.492 e. The number of halogens is 2. The van der Waals surface area contributed by atoms with Crippen LogP contribution in [0.15, 0.2) is 18.7 Å². The van der Waals surface area contributed by atoms with E-state index in [0.29, 0.717) is 11.3 Å². The summed E-state index contributed by atoms with van der Waals surface area (Å²) in [6, 6.07) is 3.01. The molecular weight excluding hydrogens is 281 g/mol. The number of benzene rings is 1. The minimum Gasteiger partial charge on any atom is -0.492 e. The lowest BCUT2D eigenvalue weighted by molar-refractivity contribution is 0.387. The van der Waals surface area contributed by atoms with Crippen LogP contribution in [0.25, 0.3) is 17.5 Å². The van der Waals surface area contributed by atoms with Gasteiger partial charge in [-0.05, 0) is 19.1 Å². The number of anilines is 1. The lowest BCUT2D eigenvalue weighted by atomic mass is 10.1. The highest BCUT2D eigenvalue weighted by atomic mass is 35.5. The zero-order chi connectivity index (χ0) is 14.9. The summed E-state index contributed by atoms with van der Waals surface area (Å²) < 4.78 is 19.2. The topological polar surface area (TPSA) is 61.0 Å². The van der Waals surface area contributed by atoms with Crippen LogP contribution in [0.3, 0.4) is 0 Å². The molecule has 0 unspecified atom stereocenters. The molecule has 1 heterocycles. The monoisotopic (exact) mass is 293 g/mol. The molecule has 0 atom stereocenters. The normalized spacial score (nSPS) is 10.4. The Morgan fingerprint density at radius 2 is 2.10 bits per heavy atom. The second-order valence-electron chi connectivity index (χ2n) is 4.08. The average molecular weight is 294 g/mol. The van der Waals surface area contributed by atoms with Crippen LogP contribution in [0.1, 0.15) is 11.3 Å². The average Bonchev–Trinajstić information content (AvgIpc) is 2.39. The van der Waals surface area contributed by atoms with Crippen molar-refractivity contribution in [3.05, 3.63) is 40.8 Å². The fourth-order valence-electron chi connectivity index (χ4n) is 1.87. The molecule has 2 N–H and O–H groups in total. The van der Waals surface area contributed by atoms with E-state index in [1.165, 1.54) is 19.2 Å². The Bertz CT molecular complexity index is 665. The summed E-state index contributed by atoms with van der Waals surface area (Å²) in [5.41, 5.74) is 7.25. The number of hydrogen-bond acceptors (Lipinski definition) is 4. The van der Waals surface area contributed by atoms with Crippen molar-refractivity contribution >= 4 is 23.5 Å². The molecule has 1 aromatic heterocycles. The van der Waals surface area contributed by atoms with E-state index in [1.807, 2.05) is 0 Å². The second-order valence-corrected chi connectivity index (χ2v) is 4.49. The lowest BCUT2D eigenvalue weighted by Crippen LogP contribution is -2.03. The molecule has 0 aliphatic carbocycles. The van der Waals surface area contributed by atoms with Crippen LogP contribution in [0.2, 0.25) is 5.02 Å². The lowest BCUT2D eigenvalue weighted by Gasteiger charge is -2.11. The van der Waals surface area contributed by atoms with E-state index in [2.05, 4.69) is 16.5 Å². The number of aryl methyl sites for hydroxylation is 1. The van der Waals surface area contributed by atoms with Crippen molar-refractivity contribution < 1.29 is 9.13 Å². The summed E-state index contributed by atoms with van der Waals surface area (Å²) in [6.07, 6.45) is 1.56. The third-order valence-electron chi connectivity index (χ3n) is 2.86. The molecule has 1 aromatic carbocycles. The molecule has 0 aliphatic heterocycles. The Balaban J connectivity index is 2.66. The second kappa shape index (κ2) is 5.46. The molecule has 4 nitrogen and oxygen atoms in total. The predicted molar refractivity (Wildman–Crippen MR) is 78.2 cm³/mol. The first-order valence-corrected chi connectivity index (χ1v) is 6.16. The van der Waals surface area contributed by atoms with Gasteiger partial charge in [0.2, 0.25) is 0 Å². The Morgan fingerprint density at radius 3 is 2.65 bits per heavy atom. The Morgan fingerprint density at radius 1 is 1.40 bits per heavy atom. The van der Waals surface area contributed by atoms with Crippen LogP contribution in [0.5, 0.6) is 5.75 Å².